The molecule has 2 aliphatic heterocycles. The highest BCUT2D eigenvalue weighted by Crippen LogP contribution is 2.38. The molecule has 0 unspecified atom stereocenters. The number of nitrogens with one attached hydrogen (secondary N) is 1. The number of likely N-dealkylation sites (tertiary alicyclic amines) is 1. The molecule has 0 radical (unpaired) electrons. The topological polar surface area (TPSA) is 97.9 Å². The summed E-state index contributed by atoms with van der Waals surface area (Å²) in [5, 5.41) is 3.39. The number of aromatic nitrogens is 3. The number of benzene rings is 1. The molecule has 1 fully saturated rings. The summed E-state index contributed by atoms with van der Waals surface area (Å²) in [6, 6.07) is 13.6. The van der Waals surface area contributed by atoms with Crippen LogP contribution in [0.15, 0.2) is 61.1 Å². The van der Waals surface area contributed by atoms with Crippen molar-refractivity contribution in [1.82, 2.24) is 24.2 Å². The first kappa shape index (κ1) is 24.0. The second kappa shape index (κ2) is 8.86. The van der Waals surface area contributed by atoms with E-state index in [1.54, 1.807) is 11.1 Å². The summed E-state index contributed by atoms with van der Waals surface area (Å²) in [6.45, 7) is 6.76. The number of fused-ring (bicyclic) bond motifs is 2. The number of amides is 3. The van der Waals surface area contributed by atoms with Crippen LogP contribution in [0.1, 0.15) is 50.9 Å². The normalized spacial score (nSPS) is 17.1. The number of piperidine rings is 1. The van der Waals surface area contributed by atoms with Crippen LogP contribution in [0.3, 0.4) is 0 Å². The maximum Gasteiger partial charge on any atom is 0.410 e. The Bertz CT molecular complexity index is 1630. The van der Waals surface area contributed by atoms with E-state index in [-0.39, 0.29) is 12.1 Å². The van der Waals surface area contributed by atoms with Gasteiger partial charge in [0.25, 0.3) is 11.8 Å². The Labute approximate surface area is 219 Å². The maximum absolute atomic E-state index is 13.2. The van der Waals surface area contributed by atoms with Crippen LogP contribution in [0.4, 0.5) is 4.79 Å². The van der Waals surface area contributed by atoms with Crippen LogP contribution in [0.5, 0.6) is 0 Å². The number of carbonyl (C=O) groups is 3. The largest absolute Gasteiger partial charge is 0.444 e. The van der Waals surface area contributed by atoms with Gasteiger partial charge in [-0.3, -0.25) is 19.3 Å². The van der Waals surface area contributed by atoms with Gasteiger partial charge in [0.2, 0.25) is 0 Å². The van der Waals surface area contributed by atoms with Gasteiger partial charge in [0.1, 0.15) is 11.2 Å². The number of hydrogen-bond acceptors (Lipinski definition) is 5. The number of ether oxygens (including phenoxy) is 1. The third-order valence-electron chi connectivity index (χ3n) is 7.12. The number of para-hydroxylation sites is 1. The number of carbonyl (C=O) groups excluding carboxylic acids is 3. The quantitative estimate of drug-likeness (QED) is 0.411. The van der Waals surface area contributed by atoms with Gasteiger partial charge in [0, 0.05) is 48.0 Å². The second-order valence-corrected chi connectivity index (χ2v) is 10.8. The van der Waals surface area contributed by atoms with Gasteiger partial charge in [-0.2, -0.15) is 0 Å². The van der Waals surface area contributed by atoms with Gasteiger partial charge in [-0.1, -0.05) is 24.3 Å². The Kier molecular flexibility index (Phi) is 5.59. The highest BCUT2D eigenvalue weighted by Gasteiger charge is 2.36. The van der Waals surface area contributed by atoms with Crippen molar-refractivity contribution >= 4 is 45.6 Å². The van der Waals surface area contributed by atoms with Crippen LogP contribution >= 0.6 is 0 Å². The van der Waals surface area contributed by atoms with Crippen molar-refractivity contribution < 1.29 is 19.1 Å². The number of hydrogen-bond donors (Lipinski definition) is 1. The summed E-state index contributed by atoms with van der Waals surface area (Å²) < 4.78 is 9.56. The molecule has 1 aromatic carbocycles. The highest BCUT2D eigenvalue weighted by atomic mass is 16.6. The zero-order chi connectivity index (χ0) is 26.6. The molecule has 9 nitrogen and oxygen atoms in total. The first-order valence-corrected chi connectivity index (χ1v) is 12.8. The Hall–Kier alpha value is -4.40. The van der Waals surface area contributed by atoms with Crippen molar-refractivity contribution in [1.29, 1.82) is 0 Å². The molecule has 3 amide bonds. The van der Waals surface area contributed by atoms with Gasteiger partial charge in [-0.05, 0) is 51.8 Å². The molecule has 0 saturated carbocycles. The van der Waals surface area contributed by atoms with E-state index in [1.807, 2.05) is 80.0 Å². The summed E-state index contributed by atoms with van der Waals surface area (Å²) in [5.41, 5.74) is 3.08. The molecule has 9 heteroatoms. The number of imide groups is 1. The highest BCUT2D eigenvalue weighted by molar-refractivity contribution is 6.49. The Morgan fingerprint density at radius 1 is 1.00 bits per heavy atom. The maximum atomic E-state index is 13.2. The van der Waals surface area contributed by atoms with E-state index in [9.17, 15) is 14.4 Å². The first-order valence-electron chi connectivity index (χ1n) is 12.8. The minimum atomic E-state index is -0.537. The SMILES string of the molecule is CC(C)(C)OC(=O)N1CCC(n2cc(C3=C(c4cnc5ccccn45)C(=O)NC3=O)c3ccccc32)CC1. The van der Waals surface area contributed by atoms with E-state index < -0.39 is 17.4 Å². The van der Waals surface area contributed by atoms with Gasteiger partial charge >= 0.3 is 6.09 Å². The standard InChI is InChI=1S/C29H29N5O4/c1-29(2,3)38-28(37)32-14-11-18(12-15-32)34-17-20(19-8-4-5-9-21(19)34)24-25(27(36)31-26(24)35)22-16-30-23-10-6-7-13-33(22)23/h4-10,13,16-18H,11-12,14-15H2,1-3H3,(H,31,35,36). The smallest absolute Gasteiger partial charge is 0.410 e. The first-order chi connectivity index (χ1) is 18.2. The lowest BCUT2D eigenvalue weighted by Gasteiger charge is -2.34. The molecule has 1 N–H and O–H groups in total. The third kappa shape index (κ3) is 4.04. The molecule has 3 aromatic heterocycles. The Morgan fingerprint density at radius 2 is 1.71 bits per heavy atom. The second-order valence-electron chi connectivity index (χ2n) is 10.8. The van der Waals surface area contributed by atoms with E-state index >= 15 is 0 Å². The van der Waals surface area contributed by atoms with Gasteiger partial charge < -0.3 is 14.2 Å². The molecule has 38 heavy (non-hydrogen) atoms. The molecule has 0 atom stereocenters. The molecule has 4 aromatic rings. The Balaban J connectivity index is 1.40. The monoisotopic (exact) mass is 511 g/mol. The molecule has 0 spiro atoms. The number of imidazole rings is 1. The molecule has 194 valence electrons. The van der Waals surface area contributed by atoms with Crippen molar-refractivity contribution in [3.8, 4) is 0 Å². The third-order valence-corrected chi connectivity index (χ3v) is 7.12. The summed E-state index contributed by atoms with van der Waals surface area (Å²) in [7, 11) is 0. The molecular formula is C29H29N5O4. The zero-order valence-corrected chi connectivity index (χ0v) is 21.6. The molecule has 6 rings (SSSR count). The van der Waals surface area contributed by atoms with E-state index in [0.717, 1.165) is 23.7 Å². The number of pyridine rings is 1. The Morgan fingerprint density at radius 3 is 2.47 bits per heavy atom. The van der Waals surface area contributed by atoms with E-state index in [2.05, 4.69) is 14.9 Å². The summed E-state index contributed by atoms with van der Waals surface area (Å²) >= 11 is 0. The molecule has 2 aliphatic rings. The van der Waals surface area contributed by atoms with Crippen molar-refractivity contribution in [2.75, 3.05) is 13.1 Å². The van der Waals surface area contributed by atoms with Gasteiger partial charge in [0.15, 0.2) is 0 Å². The summed E-state index contributed by atoms with van der Waals surface area (Å²) in [4.78, 5) is 45.0. The predicted molar refractivity (Wildman–Crippen MR) is 143 cm³/mol. The minimum Gasteiger partial charge on any atom is -0.444 e. The van der Waals surface area contributed by atoms with Crippen LogP contribution < -0.4 is 5.32 Å². The van der Waals surface area contributed by atoms with Crippen molar-refractivity contribution in [3.05, 3.63) is 72.3 Å². The summed E-state index contributed by atoms with van der Waals surface area (Å²) in [5.74, 6) is -0.850. The van der Waals surface area contributed by atoms with Crippen molar-refractivity contribution in [2.45, 2.75) is 45.3 Å². The van der Waals surface area contributed by atoms with E-state index in [4.69, 9.17) is 4.74 Å². The van der Waals surface area contributed by atoms with Gasteiger partial charge in [-0.25, -0.2) is 9.78 Å². The van der Waals surface area contributed by atoms with E-state index in [1.165, 1.54) is 0 Å². The van der Waals surface area contributed by atoms with Crippen LogP contribution in [-0.4, -0.2) is 55.4 Å². The number of rotatable bonds is 3. The lowest BCUT2D eigenvalue weighted by atomic mass is 9.99. The summed E-state index contributed by atoms with van der Waals surface area (Å²) in [6.07, 6.45) is 6.66. The zero-order valence-electron chi connectivity index (χ0n) is 21.6. The fourth-order valence-corrected chi connectivity index (χ4v) is 5.43. The van der Waals surface area contributed by atoms with Crippen LogP contribution in [0.2, 0.25) is 0 Å². The van der Waals surface area contributed by atoms with E-state index in [0.29, 0.717) is 41.1 Å². The lowest BCUT2D eigenvalue weighted by Crippen LogP contribution is -2.42. The van der Waals surface area contributed by atoms with Crippen LogP contribution in [0.25, 0.3) is 27.7 Å². The average Bonchev–Trinajstić information content (AvgIpc) is 3.56. The molecule has 1 saturated heterocycles. The molecular weight excluding hydrogens is 482 g/mol. The van der Waals surface area contributed by atoms with Crippen molar-refractivity contribution in [2.24, 2.45) is 0 Å². The van der Waals surface area contributed by atoms with Crippen molar-refractivity contribution in [3.63, 3.8) is 0 Å². The molecule has 0 bridgehead atoms. The van der Waals surface area contributed by atoms with Gasteiger partial charge in [0.05, 0.1) is 23.0 Å². The van der Waals surface area contributed by atoms with Crippen LogP contribution in [0, 0.1) is 0 Å². The fraction of sp³-hybridized carbons (Fsp3) is 0.310. The number of nitrogens with zero attached hydrogens (tertiary/aromatic N) is 4. The average molecular weight is 512 g/mol. The fourth-order valence-electron chi connectivity index (χ4n) is 5.43. The molecule has 5 heterocycles. The predicted octanol–water partition coefficient (Wildman–Crippen LogP) is 4.43. The van der Waals surface area contributed by atoms with Crippen LogP contribution in [-0.2, 0) is 14.3 Å². The lowest BCUT2D eigenvalue weighted by molar-refractivity contribution is -0.122. The molecule has 0 aliphatic carbocycles. The minimum absolute atomic E-state index is 0.132. The van der Waals surface area contributed by atoms with Gasteiger partial charge in [-0.15, -0.1) is 0 Å².